The lowest BCUT2D eigenvalue weighted by atomic mass is 9.87. The van der Waals surface area contributed by atoms with Crippen LogP contribution in [0.4, 0.5) is 0 Å². The molecule has 3 rings (SSSR count). The Kier molecular flexibility index (Phi) is 7.40. The number of nitrogens with zero attached hydrogens (tertiary/aromatic N) is 1. The molecule has 0 aromatic heterocycles. The van der Waals surface area contributed by atoms with Crippen LogP contribution in [0, 0.1) is 6.92 Å². The summed E-state index contributed by atoms with van der Waals surface area (Å²) in [6, 6.07) is 14.3. The molecule has 0 N–H and O–H groups in total. The van der Waals surface area contributed by atoms with Gasteiger partial charge in [-0.2, -0.15) is 0 Å². The predicted octanol–water partition coefficient (Wildman–Crippen LogP) is 5.00. The van der Waals surface area contributed by atoms with E-state index in [1.54, 1.807) is 14.2 Å². The number of benzene rings is 2. The number of hydrogen-bond donors (Lipinski definition) is 0. The van der Waals surface area contributed by atoms with Gasteiger partial charge in [0.15, 0.2) is 11.5 Å². The molecule has 2 aromatic carbocycles. The van der Waals surface area contributed by atoms with Crippen LogP contribution < -0.4 is 9.47 Å². The molecule has 5 nitrogen and oxygen atoms in total. The van der Waals surface area contributed by atoms with E-state index in [1.165, 1.54) is 5.56 Å². The van der Waals surface area contributed by atoms with Gasteiger partial charge in [-0.3, -0.25) is 0 Å². The smallest absolute Gasteiger partial charge is 0.336 e. The quantitative estimate of drug-likeness (QED) is 0.561. The molecule has 1 heterocycles. The first kappa shape index (κ1) is 22.5. The van der Waals surface area contributed by atoms with Gasteiger partial charge >= 0.3 is 5.97 Å². The fourth-order valence-electron chi connectivity index (χ4n) is 3.84. The number of ether oxygens (including phenoxy) is 3. The fourth-order valence-corrected chi connectivity index (χ4v) is 3.84. The van der Waals surface area contributed by atoms with Crippen LogP contribution >= 0.6 is 0 Å². The van der Waals surface area contributed by atoms with Crippen molar-refractivity contribution in [1.29, 1.82) is 0 Å². The van der Waals surface area contributed by atoms with Gasteiger partial charge in [-0.15, -0.1) is 0 Å². The van der Waals surface area contributed by atoms with Crippen LogP contribution in [0.2, 0.25) is 0 Å². The highest BCUT2D eigenvalue weighted by atomic mass is 16.5. The lowest BCUT2D eigenvalue weighted by molar-refractivity contribution is -0.138. The topological polar surface area (TPSA) is 48.0 Å². The van der Waals surface area contributed by atoms with Crippen molar-refractivity contribution in [3.8, 4) is 11.5 Å². The maximum atomic E-state index is 12.9. The van der Waals surface area contributed by atoms with E-state index in [0.29, 0.717) is 23.7 Å². The number of aryl methyl sites for hydroxylation is 1. The minimum Gasteiger partial charge on any atom is -0.493 e. The zero-order chi connectivity index (χ0) is 22.4. The Morgan fingerprint density at radius 3 is 2.35 bits per heavy atom. The fraction of sp³-hybridized carbons (Fsp3) is 0.346. The average molecular weight is 422 g/mol. The molecular weight excluding hydrogens is 390 g/mol. The molecule has 0 fully saturated rings. The highest BCUT2D eigenvalue weighted by Crippen LogP contribution is 2.35. The van der Waals surface area contributed by atoms with Gasteiger partial charge in [-0.25, -0.2) is 4.79 Å². The Morgan fingerprint density at radius 1 is 1.00 bits per heavy atom. The van der Waals surface area contributed by atoms with E-state index in [4.69, 9.17) is 14.2 Å². The lowest BCUT2D eigenvalue weighted by Crippen LogP contribution is -2.28. The number of hydrogen-bond acceptors (Lipinski definition) is 5. The molecule has 1 atom stereocenters. The highest BCUT2D eigenvalue weighted by Gasteiger charge is 2.29. The number of allylic oxidation sites excluding steroid dienone is 2. The van der Waals surface area contributed by atoms with Crippen LogP contribution in [0.1, 0.15) is 36.5 Å². The summed E-state index contributed by atoms with van der Waals surface area (Å²) in [6.07, 6.45) is 4.95. The third kappa shape index (κ3) is 5.10. The zero-order valence-electron chi connectivity index (χ0n) is 19.0. The van der Waals surface area contributed by atoms with Crippen molar-refractivity contribution < 1.29 is 19.0 Å². The van der Waals surface area contributed by atoms with E-state index >= 15 is 0 Å². The van der Waals surface area contributed by atoms with Crippen LogP contribution in [-0.4, -0.2) is 38.2 Å². The van der Waals surface area contributed by atoms with E-state index in [0.717, 1.165) is 29.8 Å². The minimum atomic E-state index is -0.258. The van der Waals surface area contributed by atoms with Crippen LogP contribution in [0.3, 0.4) is 0 Å². The number of rotatable bonds is 8. The number of esters is 1. The first-order chi connectivity index (χ1) is 15.0. The molecule has 0 spiro atoms. The molecule has 2 aromatic rings. The van der Waals surface area contributed by atoms with Gasteiger partial charge in [-0.05, 0) is 50.5 Å². The largest absolute Gasteiger partial charge is 0.493 e. The molecule has 0 aliphatic carbocycles. The normalized spacial score (nSPS) is 15.8. The van der Waals surface area contributed by atoms with Gasteiger partial charge < -0.3 is 19.1 Å². The van der Waals surface area contributed by atoms with Crippen LogP contribution in [0.15, 0.2) is 66.0 Å². The Balaban J connectivity index is 1.84. The van der Waals surface area contributed by atoms with E-state index < -0.39 is 0 Å². The lowest BCUT2D eigenvalue weighted by Gasteiger charge is -2.31. The van der Waals surface area contributed by atoms with E-state index in [-0.39, 0.29) is 11.9 Å². The number of methoxy groups -OCH3 is 2. The minimum absolute atomic E-state index is 0.114. The van der Waals surface area contributed by atoms with Gasteiger partial charge in [0.1, 0.15) is 0 Å². The van der Waals surface area contributed by atoms with Crippen molar-refractivity contribution in [2.75, 3.05) is 27.4 Å². The summed E-state index contributed by atoms with van der Waals surface area (Å²) in [5.74, 6) is 1.06. The molecule has 31 heavy (non-hydrogen) atoms. The molecule has 0 bridgehead atoms. The molecular formula is C26H31NO4. The van der Waals surface area contributed by atoms with E-state index in [2.05, 4.69) is 48.4 Å². The van der Waals surface area contributed by atoms with Gasteiger partial charge in [0.25, 0.3) is 0 Å². The molecule has 164 valence electrons. The second-order valence-corrected chi connectivity index (χ2v) is 7.58. The summed E-state index contributed by atoms with van der Waals surface area (Å²) in [6.45, 7) is 6.98. The first-order valence-electron chi connectivity index (χ1n) is 10.6. The summed E-state index contributed by atoms with van der Waals surface area (Å²) in [7, 11) is 3.27. The van der Waals surface area contributed by atoms with Crippen molar-refractivity contribution in [3.63, 3.8) is 0 Å². The van der Waals surface area contributed by atoms with Gasteiger partial charge in [0.2, 0.25) is 0 Å². The zero-order valence-corrected chi connectivity index (χ0v) is 19.0. The van der Waals surface area contributed by atoms with Crippen LogP contribution in [0.5, 0.6) is 11.5 Å². The second-order valence-electron chi connectivity index (χ2n) is 7.58. The van der Waals surface area contributed by atoms with Crippen LogP contribution in [-0.2, 0) is 16.0 Å². The SMILES string of the molecule is CCOC(=O)C1=C(C)N(CCc2ccc(OC)c(OC)c2)C=C[C@H]1c1ccc(C)cc1. The predicted molar refractivity (Wildman–Crippen MR) is 122 cm³/mol. The molecule has 0 saturated carbocycles. The molecule has 0 unspecified atom stereocenters. The van der Waals surface area contributed by atoms with E-state index in [1.807, 2.05) is 32.0 Å². The summed E-state index contributed by atoms with van der Waals surface area (Å²) < 4.78 is 16.1. The van der Waals surface area contributed by atoms with Gasteiger partial charge in [0.05, 0.1) is 26.4 Å². The third-order valence-corrected chi connectivity index (χ3v) is 5.61. The van der Waals surface area contributed by atoms with E-state index in [9.17, 15) is 4.79 Å². The molecule has 5 heteroatoms. The molecule has 1 aliphatic heterocycles. The summed E-state index contributed by atoms with van der Waals surface area (Å²) >= 11 is 0. The summed E-state index contributed by atoms with van der Waals surface area (Å²) in [4.78, 5) is 15.0. The maximum absolute atomic E-state index is 12.9. The first-order valence-corrected chi connectivity index (χ1v) is 10.6. The third-order valence-electron chi connectivity index (χ3n) is 5.61. The highest BCUT2D eigenvalue weighted by molar-refractivity contribution is 5.92. The van der Waals surface area contributed by atoms with Crippen molar-refractivity contribution in [2.45, 2.75) is 33.1 Å². The van der Waals surface area contributed by atoms with Gasteiger partial charge in [-0.1, -0.05) is 42.0 Å². The Morgan fingerprint density at radius 2 is 1.71 bits per heavy atom. The molecule has 0 saturated heterocycles. The monoisotopic (exact) mass is 421 g/mol. The molecule has 0 amide bonds. The van der Waals surface area contributed by atoms with Crippen LogP contribution in [0.25, 0.3) is 0 Å². The Bertz CT molecular complexity index is 975. The number of carbonyl (C=O) groups is 1. The molecule has 0 radical (unpaired) electrons. The maximum Gasteiger partial charge on any atom is 0.336 e. The number of carbonyl (C=O) groups excluding carboxylic acids is 1. The Labute approximate surface area is 184 Å². The standard InChI is InChI=1S/C26H31NO4/c1-6-31-26(28)25-19(3)27(16-14-22(25)21-10-7-18(2)8-11-21)15-13-20-9-12-23(29-4)24(17-20)30-5/h7-12,14,16-17,22H,6,13,15H2,1-5H3/t22-/m0/s1. The Hall–Kier alpha value is -3.21. The summed E-state index contributed by atoms with van der Waals surface area (Å²) in [5.41, 5.74) is 5.03. The van der Waals surface area contributed by atoms with Crippen molar-refractivity contribution in [3.05, 3.63) is 82.7 Å². The van der Waals surface area contributed by atoms with Crippen molar-refractivity contribution in [1.82, 2.24) is 4.90 Å². The summed E-state index contributed by atoms with van der Waals surface area (Å²) in [5, 5.41) is 0. The second kappa shape index (κ2) is 10.2. The average Bonchev–Trinajstić information content (AvgIpc) is 2.78. The van der Waals surface area contributed by atoms with Gasteiger partial charge in [0, 0.05) is 24.4 Å². The van der Waals surface area contributed by atoms with Crippen molar-refractivity contribution >= 4 is 5.97 Å². The molecule has 1 aliphatic rings. The van der Waals surface area contributed by atoms with Crippen molar-refractivity contribution in [2.24, 2.45) is 0 Å².